The van der Waals surface area contributed by atoms with Crippen LogP contribution in [0.3, 0.4) is 0 Å². The second-order valence-electron chi connectivity index (χ2n) is 10.3. The summed E-state index contributed by atoms with van der Waals surface area (Å²) in [5.41, 5.74) is 3.80. The topological polar surface area (TPSA) is 48.9 Å². The number of allylic oxidation sites excluding steroid dienone is 1. The van der Waals surface area contributed by atoms with E-state index >= 15 is 0 Å². The van der Waals surface area contributed by atoms with E-state index < -0.39 is 5.82 Å². The van der Waals surface area contributed by atoms with E-state index in [9.17, 15) is 9.18 Å². The smallest absolute Gasteiger partial charge is 0.295 e. The van der Waals surface area contributed by atoms with Gasteiger partial charge in [0.15, 0.2) is 0 Å². The summed E-state index contributed by atoms with van der Waals surface area (Å²) in [5.74, 6) is -0.359. The highest BCUT2D eigenvalue weighted by Crippen LogP contribution is 2.31. The summed E-state index contributed by atoms with van der Waals surface area (Å²) in [4.78, 5) is 24.6. The van der Waals surface area contributed by atoms with Crippen molar-refractivity contribution in [3.8, 4) is 0 Å². The van der Waals surface area contributed by atoms with Gasteiger partial charge in [-0.05, 0) is 44.4 Å². The molecule has 1 aliphatic carbocycles. The number of anilines is 1. The van der Waals surface area contributed by atoms with Crippen LogP contribution in [-0.4, -0.2) is 65.1 Å². The number of ether oxygens (including phenoxy) is 1. The Hall–Kier alpha value is -3.19. The van der Waals surface area contributed by atoms with Crippen molar-refractivity contribution in [3.05, 3.63) is 83.3 Å². The number of pyridine rings is 1. The maximum absolute atomic E-state index is 14.2. The van der Waals surface area contributed by atoms with Crippen LogP contribution in [0.1, 0.15) is 38.3 Å². The van der Waals surface area contributed by atoms with Gasteiger partial charge in [-0.2, -0.15) is 0 Å². The molecule has 1 aromatic carbocycles. The third-order valence-corrected chi connectivity index (χ3v) is 7.49. The summed E-state index contributed by atoms with van der Waals surface area (Å²) < 4.78 is 20.8. The zero-order valence-corrected chi connectivity index (χ0v) is 21.4. The maximum Gasteiger partial charge on any atom is 0.295 e. The third kappa shape index (κ3) is 5.03. The molecule has 5 rings (SSSR count). The minimum atomic E-state index is -0.465. The third-order valence-electron chi connectivity index (χ3n) is 7.49. The van der Waals surface area contributed by atoms with Crippen molar-refractivity contribution in [2.75, 3.05) is 31.1 Å². The van der Waals surface area contributed by atoms with Crippen molar-refractivity contribution >= 4 is 11.6 Å². The predicted molar refractivity (Wildman–Crippen MR) is 139 cm³/mol. The number of carbonyl (C=O) groups is 1. The SMILES string of the molecule is CC(C)N1CCN(C2=C(\OC3Cc4ccccc4C3)C(=O)N(c3cncc(F)c3)C(C)C\C=C\2)CC1. The summed E-state index contributed by atoms with van der Waals surface area (Å²) in [5, 5.41) is 0. The first-order valence-electron chi connectivity index (χ1n) is 13.0. The number of nitrogens with zero attached hydrogens (tertiary/aromatic N) is 4. The van der Waals surface area contributed by atoms with E-state index in [1.54, 1.807) is 11.1 Å². The number of rotatable bonds is 5. The molecular formula is C29H35FN4O2. The Morgan fingerprint density at radius 2 is 1.75 bits per heavy atom. The Kier molecular flexibility index (Phi) is 7.10. The van der Waals surface area contributed by atoms with Gasteiger partial charge in [0.25, 0.3) is 5.91 Å². The van der Waals surface area contributed by atoms with Gasteiger partial charge in [-0.25, -0.2) is 4.39 Å². The highest BCUT2D eigenvalue weighted by atomic mass is 19.1. The molecule has 0 N–H and O–H groups in total. The van der Waals surface area contributed by atoms with Gasteiger partial charge in [0.1, 0.15) is 11.9 Å². The second-order valence-corrected chi connectivity index (χ2v) is 10.3. The fraction of sp³-hybridized carbons (Fsp3) is 0.448. The van der Waals surface area contributed by atoms with E-state index in [0.717, 1.165) is 50.9 Å². The number of benzene rings is 1. The molecule has 1 aromatic heterocycles. The lowest BCUT2D eigenvalue weighted by molar-refractivity contribution is -0.120. The first-order chi connectivity index (χ1) is 17.4. The molecule has 2 aromatic rings. The first kappa shape index (κ1) is 24.5. The van der Waals surface area contributed by atoms with E-state index in [0.29, 0.717) is 23.9 Å². The van der Waals surface area contributed by atoms with Gasteiger partial charge in [0.2, 0.25) is 5.76 Å². The first-order valence-corrected chi connectivity index (χ1v) is 13.0. The van der Waals surface area contributed by atoms with E-state index in [4.69, 9.17) is 4.74 Å². The number of carbonyl (C=O) groups excluding carboxylic acids is 1. The van der Waals surface area contributed by atoms with Crippen LogP contribution in [0.15, 0.2) is 66.3 Å². The average Bonchev–Trinajstić information content (AvgIpc) is 3.28. The molecule has 0 radical (unpaired) electrons. The molecule has 1 atom stereocenters. The molecular weight excluding hydrogens is 455 g/mol. The lowest BCUT2D eigenvalue weighted by Crippen LogP contribution is -2.49. The summed E-state index contributed by atoms with van der Waals surface area (Å²) in [6.07, 6.45) is 8.93. The monoisotopic (exact) mass is 490 g/mol. The fourth-order valence-corrected chi connectivity index (χ4v) is 5.49. The lowest BCUT2D eigenvalue weighted by atomic mass is 10.1. The van der Waals surface area contributed by atoms with Crippen molar-refractivity contribution in [2.45, 2.75) is 58.2 Å². The number of aromatic nitrogens is 1. The van der Waals surface area contributed by atoms with Gasteiger partial charge >= 0.3 is 0 Å². The zero-order chi connectivity index (χ0) is 25.2. The van der Waals surface area contributed by atoms with E-state index in [2.05, 4.69) is 52.9 Å². The predicted octanol–water partition coefficient (Wildman–Crippen LogP) is 4.32. The Labute approximate surface area is 213 Å². The standard InChI is InChI=1S/C29H35FN4O2/c1-20(2)32-11-13-33(14-12-32)27-10-6-7-21(3)34(25-17-24(30)18-31-19-25)29(35)28(27)36-26-15-22-8-4-5-9-23(22)16-26/h4-6,8-10,17-21,26H,7,11-16H2,1-3H3/b10-6+,28-27-. The fourth-order valence-electron chi connectivity index (χ4n) is 5.49. The van der Waals surface area contributed by atoms with Crippen LogP contribution >= 0.6 is 0 Å². The average molecular weight is 491 g/mol. The number of piperazine rings is 1. The van der Waals surface area contributed by atoms with Crippen LogP contribution in [0.5, 0.6) is 0 Å². The Morgan fingerprint density at radius 1 is 1.06 bits per heavy atom. The highest BCUT2D eigenvalue weighted by molar-refractivity contribution is 6.05. The summed E-state index contributed by atoms with van der Waals surface area (Å²) in [6.45, 7) is 9.90. The molecule has 1 amide bonds. The van der Waals surface area contributed by atoms with Gasteiger partial charge in [-0.3, -0.25) is 14.7 Å². The molecule has 1 fully saturated rings. The Morgan fingerprint density at radius 3 is 2.39 bits per heavy atom. The largest absolute Gasteiger partial charge is 0.482 e. The molecule has 1 unspecified atom stereocenters. The summed E-state index contributed by atoms with van der Waals surface area (Å²) in [6, 6.07) is 10.0. The lowest BCUT2D eigenvalue weighted by Gasteiger charge is -2.40. The summed E-state index contributed by atoms with van der Waals surface area (Å²) >= 11 is 0. The molecule has 1 saturated heterocycles. The second kappa shape index (κ2) is 10.4. The van der Waals surface area contributed by atoms with Crippen LogP contribution in [0, 0.1) is 5.82 Å². The molecule has 3 aliphatic rings. The van der Waals surface area contributed by atoms with Crippen molar-refractivity contribution in [2.24, 2.45) is 0 Å². The molecule has 7 heteroatoms. The van der Waals surface area contributed by atoms with Crippen LogP contribution in [0.25, 0.3) is 0 Å². The Bertz CT molecular complexity index is 1140. The molecule has 190 valence electrons. The zero-order valence-electron chi connectivity index (χ0n) is 21.4. The number of amides is 1. The van der Waals surface area contributed by atoms with Crippen molar-refractivity contribution in [3.63, 3.8) is 0 Å². The molecule has 0 saturated carbocycles. The van der Waals surface area contributed by atoms with Crippen molar-refractivity contribution in [1.29, 1.82) is 0 Å². The van der Waals surface area contributed by atoms with Gasteiger partial charge in [-0.15, -0.1) is 0 Å². The summed E-state index contributed by atoms with van der Waals surface area (Å²) in [7, 11) is 0. The number of hydrogen-bond acceptors (Lipinski definition) is 5. The minimum absolute atomic E-state index is 0.121. The molecule has 0 spiro atoms. The molecule has 0 bridgehead atoms. The van der Waals surface area contributed by atoms with E-state index in [-0.39, 0.29) is 18.1 Å². The number of halogens is 1. The van der Waals surface area contributed by atoms with Crippen molar-refractivity contribution in [1.82, 2.24) is 14.8 Å². The minimum Gasteiger partial charge on any atom is -0.482 e. The van der Waals surface area contributed by atoms with Crippen LogP contribution < -0.4 is 4.90 Å². The Balaban J connectivity index is 1.51. The van der Waals surface area contributed by atoms with Gasteiger partial charge in [0, 0.05) is 57.2 Å². The van der Waals surface area contributed by atoms with Crippen LogP contribution in [0.4, 0.5) is 10.1 Å². The molecule has 3 heterocycles. The van der Waals surface area contributed by atoms with E-state index in [1.807, 2.05) is 19.1 Å². The molecule has 6 nitrogen and oxygen atoms in total. The van der Waals surface area contributed by atoms with Gasteiger partial charge < -0.3 is 14.5 Å². The van der Waals surface area contributed by atoms with Gasteiger partial charge in [0.05, 0.1) is 23.8 Å². The normalized spacial score (nSPS) is 24.6. The molecule has 2 aliphatic heterocycles. The van der Waals surface area contributed by atoms with Crippen molar-refractivity contribution < 1.29 is 13.9 Å². The van der Waals surface area contributed by atoms with Crippen LogP contribution in [0.2, 0.25) is 0 Å². The number of fused-ring (bicyclic) bond motifs is 1. The van der Waals surface area contributed by atoms with Crippen LogP contribution in [-0.2, 0) is 22.4 Å². The highest BCUT2D eigenvalue weighted by Gasteiger charge is 2.35. The van der Waals surface area contributed by atoms with Gasteiger partial charge in [-0.1, -0.05) is 30.3 Å². The van der Waals surface area contributed by atoms with E-state index in [1.165, 1.54) is 17.2 Å². The maximum atomic E-state index is 14.2. The quantitative estimate of drug-likeness (QED) is 0.625. The molecule has 36 heavy (non-hydrogen) atoms. The number of hydrogen-bond donors (Lipinski definition) is 0.